The molecule has 3 aliphatic rings. The molecule has 156 valence electrons. The molecule has 0 heterocycles. The number of benzene rings is 3. The van der Waals surface area contributed by atoms with Crippen LogP contribution in [-0.2, 0) is 21.0 Å². The van der Waals surface area contributed by atoms with Crippen molar-refractivity contribution in [2.75, 3.05) is 5.32 Å². The van der Waals surface area contributed by atoms with Crippen LogP contribution in [0.25, 0.3) is 0 Å². The van der Waals surface area contributed by atoms with Gasteiger partial charge in [0.05, 0.1) is 5.69 Å². The van der Waals surface area contributed by atoms with Gasteiger partial charge in [0.25, 0.3) is 0 Å². The number of rotatable bonds is 1. The summed E-state index contributed by atoms with van der Waals surface area (Å²) in [6, 6.07) is 22.5. The summed E-state index contributed by atoms with van der Waals surface area (Å²) in [6.45, 7) is 11.4. The van der Waals surface area contributed by atoms with Crippen LogP contribution >= 0.6 is 15.9 Å². The molecule has 1 amide bonds. The molecule has 4 atom stereocenters. The molecular formula is C28H26BrNO. The van der Waals surface area contributed by atoms with Crippen LogP contribution in [0.2, 0.25) is 0 Å². The van der Waals surface area contributed by atoms with E-state index in [2.05, 4.69) is 110 Å². The van der Waals surface area contributed by atoms with Crippen LogP contribution in [-0.4, -0.2) is 5.91 Å². The van der Waals surface area contributed by atoms with Gasteiger partial charge in [-0.05, 0) is 61.4 Å². The van der Waals surface area contributed by atoms with Gasteiger partial charge in [0.1, 0.15) is 0 Å². The van der Waals surface area contributed by atoms with Crippen LogP contribution in [0.3, 0.4) is 0 Å². The Balaban J connectivity index is 1.83. The number of hydrogen-bond acceptors (Lipinski definition) is 1. The fourth-order valence-corrected chi connectivity index (χ4v) is 8.39. The zero-order chi connectivity index (χ0) is 22.0. The highest BCUT2D eigenvalue weighted by Crippen LogP contribution is 2.82. The Bertz CT molecular complexity index is 1330. The average Bonchev–Trinajstić information content (AvgIpc) is 3.10. The third-order valence-corrected chi connectivity index (χ3v) is 10.2. The van der Waals surface area contributed by atoms with E-state index >= 15 is 0 Å². The lowest BCUT2D eigenvalue weighted by atomic mass is 9.52. The van der Waals surface area contributed by atoms with Crippen molar-refractivity contribution in [1.29, 1.82) is 0 Å². The highest BCUT2D eigenvalue weighted by Gasteiger charge is 2.79. The maximum atomic E-state index is 11.9. The van der Waals surface area contributed by atoms with Crippen molar-refractivity contribution in [1.82, 2.24) is 0 Å². The van der Waals surface area contributed by atoms with Gasteiger partial charge in [-0.1, -0.05) is 76.2 Å². The van der Waals surface area contributed by atoms with Gasteiger partial charge >= 0.3 is 0 Å². The second-order valence-electron chi connectivity index (χ2n) is 10.1. The van der Waals surface area contributed by atoms with Gasteiger partial charge in [-0.2, -0.15) is 0 Å². The summed E-state index contributed by atoms with van der Waals surface area (Å²) in [5.74, 6) is -0.0524. The van der Waals surface area contributed by atoms with Gasteiger partial charge in [0.15, 0.2) is 0 Å². The van der Waals surface area contributed by atoms with Crippen LogP contribution in [0.4, 0.5) is 5.69 Å². The summed E-state index contributed by atoms with van der Waals surface area (Å²) in [7, 11) is 0. The lowest BCUT2D eigenvalue weighted by Crippen LogP contribution is -2.51. The second-order valence-corrected chi connectivity index (χ2v) is 11.0. The van der Waals surface area contributed by atoms with Crippen LogP contribution in [0, 0.1) is 5.41 Å². The van der Waals surface area contributed by atoms with Gasteiger partial charge in [-0.25, -0.2) is 0 Å². The first-order valence-corrected chi connectivity index (χ1v) is 11.7. The number of fused-ring (bicyclic) bond motifs is 9. The van der Waals surface area contributed by atoms with Crippen molar-refractivity contribution < 1.29 is 4.79 Å². The largest absolute Gasteiger partial charge is 0.325 e. The maximum Gasteiger partial charge on any atom is 0.221 e. The minimum absolute atomic E-state index is 0.0524. The Morgan fingerprint density at radius 3 is 1.52 bits per heavy atom. The van der Waals surface area contributed by atoms with Crippen LogP contribution < -0.4 is 5.32 Å². The minimum Gasteiger partial charge on any atom is -0.325 e. The molecular weight excluding hydrogens is 446 g/mol. The molecule has 0 saturated heterocycles. The molecule has 3 aromatic rings. The van der Waals surface area contributed by atoms with E-state index in [9.17, 15) is 4.79 Å². The zero-order valence-electron chi connectivity index (χ0n) is 18.6. The molecule has 0 bridgehead atoms. The van der Waals surface area contributed by atoms with E-state index in [-0.39, 0.29) is 27.6 Å². The van der Waals surface area contributed by atoms with Gasteiger partial charge in [-0.15, -0.1) is 0 Å². The topological polar surface area (TPSA) is 29.1 Å². The zero-order valence-corrected chi connectivity index (χ0v) is 20.1. The van der Waals surface area contributed by atoms with E-state index in [1.807, 2.05) is 0 Å². The normalized spacial score (nSPS) is 33.5. The van der Waals surface area contributed by atoms with Crippen molar-refractivity contribution >= 4 is 27.5 Å². The van der Waals surface area contributed by atoms with Crippen molar-refractivity contribution in [2.24, 2.45) is 5.41 Å². The Morgan fingerprint density at radius 1 is 0.710 bits per heavy atom. The monoisotopic (exact) mass is 471 g/mol. The number of carbonyl (C=O) groups is 1. The predicted molar refractivity (Wildman–Crippen MR) is 129 cm³/mol. The lowest BCUT2D eigenvalue weighted by Gasteiger charge is -2.49. The highest BCUT2D eigenvalue weighted by atomic mass is 79.9. The van der Waals surface area contributed by atoms with Crippen LogP contribution in [0.1, 0.15) is 68.0 Å². The molecule has 3 aliphatic carbocycles. The summed E-state index contributed by atoms with van der Waals surface area (Å²) in [5, 5.41) is 3.04. The number of amides is 1. The van der Waals surface area contributed by atoms with E-state index in [1.54, 1.807) is 6.92 Å². The van der Waals surface area contributed by atoms with Crippen LogP contribution in [0.5, 0.6) is 0 Å². The van der Waals surface area contributed by atoms with E-state index < -0.39 is 0 Å². The van der Waals surface area contributed by atoms with E-state index in [0.717, 1.165) is 10.2 Å². The maximum absolute atomic E-state index is 11.9. The van der Waals surface area contributed by atoms with Gasteiger partial charge < -0.3 is 5.32 Å². The fourth-order valence-electron chi connectivity index (χ4n) is 7.95. The molecule has 0 fully saturated rings. The first-order chi connectivity index (χ1) is 14.6. The Morgan fingerprint density at radius 2 is 1.10 bits per heavy atom. The van der Waals surface area contributed by atoms with Gasteiger partial charge in [-0.3, -0.25) is 4.79 Å². The molecule has 0 radical (unpaired) electrons. The SMILES string of the molecule is CC(=O)Nc1cc2c(cc1Br)[C@]1(C)c3ccccc3[C@]3(C)c4ccccc4[C@@]2(C)[C@@]31C. The molecule has 0 unspecified atom stereocenters. The molecule has 0 saturated carbocycles. The molecule has 0 aliphatic heterocycles. The van der Waals surface area contributed by atoms with E-state index in [1.165, 1.54) is 33.4 Å². The molecule has 1 N–H and O–H groups in total. The fraction of sp³-hybridized carbons (Fsp3) is 0.321. The molecule has 31 heavy (non-hydrogen) atoms. The molecule has 3 aromatic carbocycles. The molecule has 0 aromatic heterocycles. The third kappa shape index (κ3) is 1.72. The summed E-state index contributed by atoms with van der Waals surface area (Å²) >= 11 is 3.76. The highest BCUT2D eigenvalue weighted by molar-refractivity contribution is 9.10. The van der Waals surface area contributed by atoms with Crippen molar-refractivity contribution in [2.45, 2.75) is 50.9 Å². The first-order valence-electron chi connectivity index (χ1n) is 11.0. The Hall–Kier alpha value is -2.39. The van der Waals surface area contributed by atoms with E-state index in [0.29, 0.717) is 0 Å². The standard InChI is InChI=1S/C28H26BrNO/c1-16(31)30-24-15-22-21(14-23(24)29)26(3)19-12-8-6-10-17(19)25(2)18-11-7-9-13-20(18)27(22,4)28(25,26)5/h6-15H,1-5H3,(H,30,31)/t25-,26+,27-,28+/m1/s1. The molecule has 3 heteroatoms. The minimum atomic E-state index is -0.185. The van der Waals surface area contributed by atoms with Gasteiger partial charge in [0, 0.05) is 33.1 Å². The Labute approximate surface area is 192 Å². The number of hydrogen-bond donors (Lipinski definition) is 1. The summed E-state index contributed by atoms with van der Waals surface area (Å²) in [4.78, 5) is 11.9. The molecule has 2 nitrogen and oxygen atoms in total. The lowest BCUT2D eigenvalue weighted by molar-refractivity contribution is -0.114. The van der Waals surface area contributed by atoms with Crippen molar-refractivity contribution in [3.8, 4) is 0 Å². The second kappa shape index (κ2) is 5.50. The van der Waals surface area contributed by atoms with Crippen molar-refractivity contribution in [3.63, 3.8) is 0 Å². The quantitative estimate of drug-likeness (QED) is 0.421. The predicted octanol–water partition coefficient (Wildman–Crippen LogP) is 6.67. The van der Waals surface area contributed by atoms with Crippen LogP contribution in [0.15, 0.2) is 65.1 Å². The van der Waals surface area contributed by atoms with E-state index in [4.69, 9.17) is 0 Å². The smallest absolute Gasteiger partial charge is 0.221 e. The summed E-state index contributed by atoms with van der Waals surface area (Å²) in [5.41, 5.74) is 8.73. The molecule has 6 rings (SSSR count). The third-order valence-electron chi connectivity index (χ3n) is 9.50. The number of halogens is 1. The average molecular weight is 472 g/mol. The number of anilines is 1. The van der Waals surface area contributed by atoms with Gasteiger partial charge in [0.2, 0.25) is 5.91 Å². The first kappa shape index (κ1) is 19.3. The number of carbonyl (C=O) groups excluding carboxylic acids is 1. The summed E-state index contributed by atoms with van der Waals surface area (Å²) in [6.07, 6.45) is 0. The summed E-state index contributed by atoms with van der Waals surface area (Å²) < 4.78 is 0.939. The molecule has 0 spiro atoms. The number of nitrogens with one attached hydrogen (secondary N) is 1. The van der Waals surface area contributed by atoms with Crippen molar-refractivity contribution in [3.05, 3.63) is 98.5 Å². The Kier molecular flexibility index (Phi) is 3.43.